The number of thiazole rings is 1. The summed E-state index contributed by atoms with van der Waals surface area (Å²) in [6.07, 6.45) is 0.614. The SMILES string of the molecule is COc1ccc(Cc2nnc(SCc3csc(-c4ccccc4)n3)n2N)cc1. The van der Waals surface area contributed by atoms with Gasteiger partial charge in [-0.15, -0.1) is 21.5 Å². The summed E-state index contributed by atoms with van der Waals surface area (Å²) in [5, 5.41) is 12.2. The first-order valence-corrected chi connectivity index (χ1v) is 10.5. The minimum absolute atomic E-state index is 0.614. The molecule has 8 heteroatoms. The van der Waals surface area contributed by atoms with Gasteiger partial charge in [0.1, 0.15) is 10.8 Å². The topological polar surface area (TPSA) is 78.9 Å². The van der Waals surface area contributed by atoms with Gasteiger partial charge in [-0.1, -0.05) is 54.2 Å². The highest BCUT2D eigenvalue weighted by atomic mass is 32.2. The molecule has 142 valence electrons. The Bertz CT molecular complexity index is 1040. The van der Waals surface area contributed by atoms with Crippen molar-refractivity contribution in [2.24, 2.45) is 0 Å². The minimum Gasteiger partial charge on any atom is -0.497 e. The van der Waals surface area contributed by atoms with Gasteiger partial charge in [-0.05, 0) is 17.7 Å². The van der Waals surface area contributed by atoms with E-state index in [1.54, 1.807) is 23.1 Å². The lowest BCUT2D eigenvalue weighted by Crippen LogP contribution is -2.14. The summed E-state index contributed by atoms with van der Waals surface area (Å²) >= 11 is 3.18. The van der Waals surface area contributed by atoms with Crippen LogP contribution in [0.4, 0.5) is 0 Å². The molecule has 0 unspecified atom stereocenters. The molecule has 0 amide bonds. The second-order valence-corrected chi connectivity index (χ2v) is 7.89. The molecule has 2 N–H and O–H groups in total. The maximum atomic E-state index is 6.20. The van der Waals surface area contributed by atoms with Crippen LogP contribution in [0, 0.1) is 0 Å². The minimum atomic E-state index is 0.614. The van der Waals surface area contributed by atoms with Crippen molar-refractivity contribution in [1.29, 1.82) is 0 Å². The average molecular weight is 410 g/mol. The first kappa shape index (κ1) is 18.5. The molecule has 28 heavy (non-hydrogen) atoms. The first-order chi connectivity index (χ1) is 13.7. The molecule has 2 aromatic heterocycles. The van der Waals surface area contributed by atoms with Crippen LogP contribution in [0.2, 0.25) is 0 Å². The Balaban J connectivity index is 1.40. The van der Waals surface area contributed by atoms with E-state index in [2.05, 4.69) is 27.7 Å². The van der Waals surface area contributed by atoms with Crippen molar-refractivity contribution in [2.45, 2.75) is 17.3 Å². The third-order valence-electron chi connectivity index (χ3n) is 4.18. The molecule has 4 aromatic rings. The number of methoxy groups -OCH3 is 1. The highest BCUT2D eigenvalue weighted by Crippen LogP contribution is 2.27. The number of nitrogen functional groups attached to an aromatic ring is 1. The fourth-order valence-corrected chi connectivity index (χ4v) is 4.38. The van der Waals surface area contributed by atoms with Crippen molar-refractivity contribution in [2.75, 3.05) is 13.0 Å². The zero-order chi connectivity index (χ0) is 19.3. The van der Waals surface area contributed by atoms with Crippen LogP contribution < -0.4 is 10.6 Å². The summed E-state index contributed by atoms with van der Waals surface area (Å²) in [4.78, 5) is 4.70. The summed E-state index contributed by atoms with van der Waals surface area (Å²) in [5.74, 6) is 8.44. The van der Waals surface area contributed by atoms with E-state index in [1.807, 2.05) is 42.5 Å². The quantitative estimate of drug-likeness (QED) is 0.367. The van der Waals surface area contributed by atoms with Crippen molar-refractivity contribution in [3.05, 3.63) is 77.1 Å². The van der Waals surface area contributed by atoms with Crippen molar-refractivity contribution in [1.82, 2.24) is 19.9 Å². The molecule has 0 bridgehead atoms. The number of nitrogens with zero attached hydrogens (tertiary/aromatic N) is 4. The molecule has 0 aliphatic heterocycles. The smallest absolute Gasteiger partial charge is 0.210 e. The lowest BCUT2D eigenvalue weighted by Gasteiger charge is -2.04. The van der Waals surface area contributed by atoms with E-state index in [0.717, 1.165) is 33.4 Å². The number of ether oxygens (including phenoxy) is 1. The van der Waals surface area contributed by atoms with Gasteiger partial charge in [-0.2, -0.15) is 0 Å². The summed E-state index contributed by atoms with van der Waals surface area (Å²) in [6, 6.07) is 18.0. The van der Waals surface area contributed by atoms with Crippen LogP contribution in [-0.4, -0.2) is 27.0 Å². The molecular weight excluding hydrogens is 390 g/mol. The molecule has 4 rings (SSSR count). The maximum Gasteiger partial charge on any atom is 0.210 e. The van der Waals surface area contributed by atoms with Crippen molar-refractivity contribution >= 4 is 23.1 Å². The van der Waals surface area contributed by atoms with Gasteiger partial charge in [0.15, 0.2) is 5.82 Å². The predicted molar refractivity (Wildman–Crippen MR) is 113 cm³/mol. The summed E-state index contributed by atoms with van der Waals surface area (Å²) in [6.45, 7) is 0. The summed E-state index contributed by atoms with van der Waals surface area (Å²) in [5.41, 5.74) is 3.24. The maximum absolute atomic E-state index is 6.20. The molecule has 0 aliphatic rings. The number of rotatable bonds is 7. The monoisotopic (exact) mass is 409 g/mol. The van der Waals surface area contributed by atoms with Gasteiger partial charge in [0.25, 0.3) is 0 Å². The average Bonchev–Trinajstić information content (AvgIpc) is 3.35. The molecule has 0 aliphatic carbocycles. The van der Waals surface area contributed by atoms with Crippen LogP contribution in [0.25, 0.3) is 10.6 Å². The van der Waals surface area contributed by atoms with Gasteiger partial charge >= 0.3 is 0 Å². The fraction of sp³-hybridized carbons (Fsp3) is 0.150. The zero-order valence-corrected chi connectivity index (χ0v) is 16.9. The fourth-order valence-electron chi connectivity index (χ4n) is 2.68. The normalized spacial score (nSPS) is 10.9. The van der Waals surface area contributed by atoms with E-state index in [9.17, 15) is 0 Å². The Morgan fingerprint density at radius 3 is 2.61 bits per heavy atom. The number of thioether (sulfide) groups is 1. The van der Waals surface area contributed by atoms with E-state index in [-0.39, 0.29) is 0 Å². The summed E-state index contributed by atoms with van der Waals surface area (Å²) < 4.78 is 6.74. The molecule has 2 heterocycles. The van der Waals surface area contributed by atoms with Crippen LogP contribution in [0.15, 0.2) is 65.1 Å². The Morgan fingerprint density at radius 1 is 1.07 bits per heavy atom. The number of benzene rings is 2. The Kier molecular flexibility index (Phi) is 5.59. The molecular formula is C20H19N5OS2. The molecule has 0 fully saturated rings. The molecule has 0 radical (unpaired) electrons. The van der Waals surface area contributed by atoms with E-state index >= 15 is 0 Å². The van der Waals surface area contributed by atoms with Crippen LogP contribution in [0.3, 0.4) is 0 Å². The molecule has 0 saturated heterocycles. The Hall–Kier alpha value is -2.84. The lowest BCUT2D eigenvalue weighted by atomic mass is 10.1. The van der Waals surface area contributed by atoms with Crippen molar-refractivity contribution in [3.8, 4) is 16.3 Å². The summed E-state index contributed by atoms with van der Waals surface area (Å²) in [7, 11) is 1.65. The van der Waals surface area contributed by atoms with Crippen LogP contribution in [-0.2, 0) is 12.2 Å². The second kappa shape index (κ2) is 8.45. The van der Waals surface area contributed by atoms with Crippen LogP contribution in [0.1, 0.15) is 17.1 Å². The number of hydrogen-bond acceptors (Lipinski definition) is 7. The zero-order valence-electron chi connectivity index (χ0n) is 15.3. The van der Waals surface area contributed by atoms with Crippen molar-refractivity contribution < 1.29 is 4.74 Å². The molecule has 0 saturated carbocycles. The first-order valence-electron chi connectivity index (χ1n) is 8.68. The standard InChI is InChI=1S/C20H19N5OS2/c1-26-17-9-7-14(8-10-17)11-18-23-24-20(25(18)21)28-13-16-12-27-19(22-16)15-5-3-2-4-6-15/h2-10,12H,11,13,21H2,1H3. The van der Waals surface area contributed by atoms with Gasteiger partial charge in [-0.3, -0.25) is 0 Å². The van der Waals surface area contributed by atoms with E-state index < -0.39 is 0 Å². The molecule has 2 aromatic carbocycles. The number of nitrogens with two attached hydrogens (primary N) is 1. The van der Waals surface area contributed by atoms with Gasteiger partial charge in [-0.25, -0.2) is 9.66 Å². The highest BCUT2D eigenvalue weighted by Gasteiger charge is 2.12. The number of hydrogen-bond donors (Lipinski definition) is 1. The number of aromatic nitrogens is 4. The van der Waals surface area contributed by atoms with E-state index in [4.69, 9.17) is 15.6 Å². The van der Waals surface area contributed by atoms with E-state index in [1.165, 1.54) is 11.8 Å². The third-order valence-corrected chi connectivity index (χ3v) is 6.09. The lowest BCUT2D eigenvalue weighted by molar-refractivity contribution is 0.414. The van der Waals surface area contributed by atoms with Gasteiger partial charge in [0.2, 0.25) is 5.16 Å². The van der Waals surface area contributed by atoms with Crippen LogP contribution in [0.5, 0.6) is 5.75 Å². The van der Waals surface area contributed by atoms with Gasteiger partial charge in [0, 0.05) is 23.1 Å². The predicted octanol–water partition coefficient (Wildman–Crippen LogP) is 4.01. The Morgan fingerprint density at radius 2 is 1.86 bits per heavy atom. The van der Waals surface area contributed by atoms with Gasteiger partial charge < -0.3 is 10.6 Å². The second-order valence-electron chi connectivity index (χ2n) is 6.09. The van der Waals surface area contributed by atoms with E-state index in [0.29, 0.717) is 17.3 Å². The Labute approximate surface area is 171 Å². The van der Waals surface area contributed by atoms with Gasteiger partial charge in [0.05, 0.1) is 12.8 Å². The molecule has 0 spiro atoms. The molecule has 6 nitrogen and oxygen atoms in total. The van der Waals surface area contributed by atoms with Crippen LogP contribution >= 0.6 is 23.1 Å². The van der Waals surface area contributed by atoms with Crippen molar-refractivity contribution in [3.63, 3.8) is 0 Å². The third kappa shape index (κ3) is 4.18. The molecule has 0 atom stereocenters. The largest absolute Gasteiger partial charge is 0.497 e. The highest BCUT2D eigenvalue weighted by molar-refractivity contribution is 7.98.